The van der Waals surface area contributed by atoms with E-state index in [0.717, 1.165) is 0 Å². The Labute approximate surface area is 41.7 Å². The van der Waals surface area contributed by atoms with Gasteiger partial charge >= 0.3 is 0 Å². The molecule has 0 rings (SSSR count). The van der Waals surface area contributed by atoms with Crippen LogP contribution in [0.1, 0.15) is 6.92 Å². The van der Waals surface area contributed by atoms with E-state index >= 15 is 0 Å². The van der Waals surface area contributed by atoms with Crippen molar-refractivity contribution < 1.29 is 9.18 Å². The van der Waals surface area contributed by atoms with E-state index in [1.165, 1.54) is 14.0 Å². The zero-order valence-corrected chi connectivity index (χ0v) is 4.36. The highest BCUT2D eigenvalue weighted by Crippen LogP contribution is 1.83. The fraction of sp³-hybridized carbons (Fsp3) is 0.750. The Bertz CT molecular complexity index is 72.1. The number of hydrogen-bond acceptors (Lipinski definition) is 1. The third-order valence-corrected chi connectivity index (χ3v) is 0.608. The first kappa shape index (κ1) is 6.40. The van der Waals surface area contributed by atoms with E-state index in [0.29, 0.717) is 0 Å². The number of halogens is 1. The van der Waals surface area contributed by atoms with Gasteiger partial charge in [0.1, 0.15) is 0 Å². The smallest absolute Gasteiger partial charge is 0.253 e. The van der Waals surface area contributed by atoms with E-state index in [1.54, 1.807) is 0 Å². The van der Waals surface area contributed by atoms with Crippen LogP contribution in [0.25, 0.3) is 0 Å². The fourth-order valence-electron chi connectivity index (χ4n) is 0.199. The number of amides is 1. The third-order valence-electron chi connectivity index (χ3n) is 0.608. The molecule has 0 spiro atoms. The highest BCUT2D eigenvalue weighted by Gasteiger charge is 2.05. The number of nitrogens with one attached hydrogen (secondary N) is 1. The first-order chi connectivity index (χ1) is 3.18. The lowest BCUT2D eigenvalue weighted by Crippen LogP contribution is -2.25. The Hall–Kier alpha value is -0.600. The summed E-state index contributed by atoms with van der Waals surface area (Å²) >= 11 is 0. The molecule has 0 aromatic heterocycles. The molecule has 0 aromatic rings. The minimum Gasteiger partial charge on any atom is -0.357 e. The molecule has 1 unspecified atom stereocenters. The van der Waals surface area contributed by atoms with Gasteiger partial charge in [0.15, 0.2) is 6.17 Å². The van der Waals surface area contributed by atoms with Crippen molar-refractivity contribution in [3.8, 4) is 0 Å². The molecule has 42 valence electrons. The minimum atomic E-state index is -1.38. The summed E-state index contributed by atoms with van der Waals surface area (Å²) in [6.45, 7) is 1.19. The van der Waals surface area contributed by atoms with Crippen molar-refractivity contribution in [2.45, 2.75) is 13.1 Å². The second kappa shape index (κ2) is 2.55. The fourth-order valence-corrected chi connectivity index (χ4v) is 0.199. The maximum Gasteiger partial charge on any atom is 0.253 e. The summed E-state index contributed by atoms with van der Waals surface area (Å²) in [5.41, 5.74) is 0. The second-order valence-corrected chi connectivity index (χ2v) is 1.23. The van der Waals surface area contributed by atoms with Gasteiger partial charge in [-0.2, -0.15) is 0 Å². The summed E-state index contributed by atoms with van der Waals surface area (Å²) < 4.78 is 11.7. The van der Waals surface area contributed by atoms with Gasteiger partial charge in [-0.05, 0) is 6.92 Å². The first-order valence-corrected chi connectivity index (χ1v) is 2.04. The molecule has 3 heteroatoms. The SMILES string of the molecule is CNC(=O)C(C)F. The van der Waals surface area contributed by atoms with Gasteiger partial charge in [-0.15, -0.1) is 0 Å². The highest BCUT2D eigenvalue weighted by molar-refractivity contribution is 5.79. The maximum atomic E-state index is 11.7. The van der Waals surface area contributed by atoms with E-state index in [2.05, 4.69) is 5.32 Å². The van der Waals surface area contributed by atoms with Crippen molar-refractivity contribution in [2.24, 2.45) is 0 Å². The highest BCUT2D eigenvalue weighted by atomic mass is 19.1. The van der Waals surface area contributed by atoms with Crippen LogP contribution >= 0.6 is 0 Å². The Morgan fingerprint density at radius 1 is 1.86 bits per heavy atom. The van der Waals surface area contributed by atoms with Crippen molar-refractivity contribution in [1.82, 2.24) is 5.32 Å². The molecule has 1 amide bonds. The van der Waals surface area contributed by atoms with E-state index in [-0.39, 0.29) is 0 Å². The third kappa shape index (κ3) is 2.14. The molecule has 0 aliphatic rings. The van der Waals surface area contributed by atoms with Crippen LogP contribution in [-0.2, 0) is 4.79 Å². The zero-order chi connectivity index (χ0) is 5.86. The van der Waals surface area contributed by atoms with E-state index in [9.17, 15) is 9.18 Å². The second-order valence-electron chi connectivity index (χ2n) is 1.23. The molecule has 0 saturated heterocycles. The molecule has 0 bridgehead atoms. The summed E-state index contributed by atoms with van der Waals surface area (Å²) in [6.07, 6.45) is -1.38. The van der Waals surface area contributed by atoms with Gasteiger partial charge < -0.3 is 5.32 Å². The van der Waals surface area contributed by atoms with Crippen LogP contribution in [0.5, 0.6) is 0 Å². The minimum absolute atomic E-state index is 0.569. The Kier molecular flexibility index (Phi) is 2.33. The van der Waals surface area contributed by atoms with Crippen LogP contribution in [0.2, 0.25) is 0 Å². The van der Waals surface area contributed by atoms with Crippen LogP contribution in [0.3, 0.4) is 0 Å². The molecule has 0 heterocycles. The molecule has 0 saturated carbocycles. The van der Waals surface area contributed by atoms with Crippen LogP contribution in [0.4, 0.5) is 4.39 Å². The van der Waals surface area contributed by atoms with Crippen molar-refractivity contribution >= 4 is 5.91 Å². The van der Waals surface area contributed by atoms with Crippen LogP contribution in [-0.4, -0.2) is 19.1 Å². The van der Waals surface area contributed by atoms with Crippen LogP contribution in [0.15, 0.2) is 0 Å². The molecule has 0 aromatic carbocycles. The van der Waals surface area contributed by atoms with E-state index < -0.39 is 12.1 Å². The number of carbonyl (C=O) groups excluding carboxylic acids is 1. The zero-order valence-electron chi connectivity index (χ0n) is 4.36. The number of alkyl halides is 1. The summed E-state index contributed by atoms with van der Waals surface area (Å²) in [5.74, 6) is -0.569. The Balaban J connectivity index is 3.35. The topological polar surface area (TPSA) is 29.1 Å². The quantitative estimate of drug-likeness (QED) is 0.503. The lowest BCUT2D eigenvalue weighted by molar-refractivity contribution is -0.124. The van der Waals surface area contributed by atoms with Gasteiger partial charge in [-0.3, -0.25) is 4.79 Å². The predicted octanol–water partition coefficient (Wildman–Crippen LogP) is 0.0904. The molecule has 0 radical (unpaired) electrons. The normalized spacial score (nSPS) is 13.0. The summed E-state index contributed by atoms with van der Waals surface area (Å²) in [7, 11) is 1.40. The maximum absolute atomic E-state index is 11.7. The summed E-state index contributed by atoms with van der Waals surface area (Å²) in [5, 5.41) is 2.15. The molecular weight excluding hydrogens is 97.0 g/mol. The van der Waals surface area contributed by atoms with Gasteiger partial charge in [0.2, 0.25) is 0 Å². The van der Waals surface area contributed by atoms with Gasteiger partial charge in [-0.1, -0.05) is 0 Å². The van der Waals surface area contributed by atoms with Crippen LogP contribution in [0, 0.1) is 0 Å². The van der Waals surface area contributed by atoms with Crippen LogP contribution < -0.4 is 5.32 Å². The predicted molar refractivity (Wildman–Crippen MR) is 24.6 cm³/mol. The molecule has 1 N–H and O–H groups in total. The van der Waals surface area contributed by atoms with E-state index in [4.69, 9.17) is 0 Å². The van der Waals surface area contributed by atoms with Crippen molar-refractivity contribution in [2.75, 3.05) is 7.05 Å². The average molecular weight is 105 g/mol. The molecule has 0 aliphatic heterocycles. The lowest BCUT2D eigenvalue weighted by atomic mass is 10.4. The standard InChI is InChI=1S/C4H8FNO/c1-3(5)4(7)6-2/h3H,1-2H3,(H,6,7). The first-order valence-electron chi connectivity index (χ1n) is 2.04. The van der Waals surface area contributed by atoms with Gasteiger partial charge in [0, 0.05) is 7.05 Å². The summed E-state index contributed by atoms with van der Waals surface area (Å²) in [6, 6.07) is 0. The number of hydrogen-bond donors (Lipinski definition) is 1. The number of carbonyl (C=O) groups is 1. The Morgan fingerprint density at radius 3 is 2.29 bits per heavy atom. The van der Waals surface area contributed by atoms with Crippen molar-refractivity contribution in [3.63, 3.8) is 0 Å². The largest absolute Gasteiger partial charge is 0.357 e. The monoisotopic (exact) mass is 105 g/mol. The van der Waals surface area contributed by atoms with Gasteiger partial charge in [-0.25, -0.2) is 4.39 Å². The molecular formula is C4H8FNO. The molecule has 2 nitrogen and oxygen atoms in total. The van der Waals surface area contributed by atoms with Crippen molar-refractivity contribution in [1.29, 1.82) is 0 Å². The Morgan fingerprint density at radius 2 is 2.29 bits per heavy atom. The molecule has 1 atom stereocenters. The number of rotatable bonds is 1. The van der Waals surface area contributed by atoms with Gasteiger partial charge in [0.25, 0.3) is 5.91 Å². The lowest BCUT2D eigenvalue weighted by Gasteiger charge is -1.95. The van der Waals surface area contributed by atoms with Gasteiger partial charge in [0.05, 0.1) is 0 Å². The molecule has 0 aliphatic carbocycles. The molecule has 0 fully saturated rings. The molecule has 7 heavy (non-hydrogen) atoms. The average Bonchev–Trinajstić information content (AvgIpc) is 1.65. The van der Waals surface area contributed by atoms with Crippen molar-refractivity contribution in [3.05, 3.63) is 0 Å². The van der Waals surface area contributed by atoms with E-state index in [1.807, 2.05) is 0 Å². The summed E-state index contributed by atoms with van der Waals surface area (Å²) in [4.78, 5) is 10.0.